The zero-order valence-electron chi connectivity index (χ0n) is 12.2. The van der Waals surface area contributed by atoms with Gasteiger partial charge < -0.3 is 15.1 Å². The van der Waals surface area contributed by atoms with E-state index in [1.807, 2.05) is 15.7 Å². The monoisotopic (exact) mass is 291 g/mol. The smallest absolute Gasteiger partial charge is 0.237 e. The Bertz CT molecular complexity index is 552. The fourth-order valence-corrected chi connectivity index (χ4v) is 2.14. The molecule has 114 valence electrons. The quantitative estimate of drug-likeness (QED) is 0.732. The van der Waals surface area contributed by atoms with Gasteiger partial charge in [-0.05, 0) is 12.5 Å². The summed E-state index contributed by atoms with van der Waals surface area (Å²) in [6.07, 6.45) is 7.11. The van der Waals surface area contributed by atoms with Crippen LogP contribution in [-0.2, 0) is 6.42 Å². The van der Waals surface area contributed by atoms with E-state index in [4.69, 9.17) is 10.2 Å². The molecule has 0 unspecified atom stereocenters. The van der Waals surface area contributed by atoms with Crippen LogP contribution in [0.15, 0.2) is 24.7 Å². The number of aliphatic hydroxyl groups is 2. The van der Waals surface area contributed by atoms with Crippen LogP contribution in [0, 0.1) is 0 Å². The van der Waals surface area contributed by atoms with Gasteiger partial charge in [0.2, 0.25) is 5.95 Å². The molecule has 0 saturated carbocycles. The van der Waals surface area contributed by atoms with Crippen LogP contribution >= 0.6 is 0 Å². The number of hydrogen-bond donors (Lipinski definition) is 2. The Kier molecular flexibility index (Phi) is 5.65. The molecule has 2 rings (SSSR count). The molecule has 2 aromatic rings. The van der Waals surface area contributed by atoms with Crippen LogP contribution in [-0.4, -0.2) is 56.0 Å². The van der Waals surface area contributed by atoms with Crippen LogP contribution in [0.2, 0.25) is 0 Å². The van der Waals surface area contributed by atoms with Gasteiger partial charge in [-0.1, -0.05) is 6.92 Å². The number of aromatic nitrogens is 4. The third kappa shape index (κ3) is 3.77. The molecule has 0 bridgehead atoms. The Morgan fingerprint density at radius 1 is 1.14 bits per heavy atom. The molecule has 2 N–H and O–H groups in total. The number of rotatable bonds is 8. The van der Waals surface area contributed by atoms with Crippen LogP contribution in [0.3, 0.4) is 0 Å². The first-order chi connectivity index (χ1) is 10.3. The van der Waals surface area contributed by atoms with E-state index in [1.165, 1.54) is 0 Å². The zero-order chi connectivity index (χ0) is 15.1. The van der Waals surface area contributed by atoms with Gasteiger partial charge >= 0.3 is 0 Å². The van der Waals surface area contributed by atoms with Gasteiger partial charge in [0.05, 0.1) is 13.2 Å². The van der Waals surface area contributed by atoms with E-state index in [2.05, 4.69) is 21.9 Å². The lowest BCUT2D eigenvalue weighted by molar-refractivity contribution is 0.280. The van der Waals surface area contributed by atoms with Crippen LogP contribution in [0.5, 0.6) is 0 Å². The predicted octanol–water partition coefficient (Wildman–Crippen LogP) is 0.406. The summed E-state index contributed by atoms with van der Waals surface area (Å²) >= 11 is 0. The minimum absolute atomic E-state index is 0.00545. The molecule has 0 aliphatic rings. The summed E-state index contributed by atoms with van der Waals surface area (Å²) in [5, 5.41) is 18.2. The number of imidazole rings is 1. The number of nitrogens with zero attached hydrogens (tertiary/aromatic N) is 5. The molecular weight excluding hydrogens is 270 g/mol. The molecule has 0 atom stereocenters. The Morgan fingerprint density at radius 3 is 2.57 bits per heavy atom. The van der Waals surface area contributed by atoms with Crippen LogP contribution in [0.4, 0.5) is 5.82 Å². The Morgan fingerprint density at radius 2 is 1.90 bits per heavy atom. The maximum atomic E-state index is 9.11. The SMILES string of the molecule is CCCc1nccn1-c1nccc(N(CCO)CCO)n1. The highest BCUT2D eigenvalue weighted by Gasteiger charge is 2.11. The van der Waals surface area contributed by atoms with E-state index in [0.717, 1.165) is 18.7 Å². The first-order valence-electron chi connectivity index (χ1n) is 7.12. The van der Waals surface area contributed by atoms with Crippen molar-refractivity contribution < 1.29 is 10.2 Å². The number of aryl methyl sites for hydroxylation is 1. The molecule has 2 heterocycles. The number of hydrogen-bond acceptors (Lipinski definition) is 6. The van der Waals surface area contributed by atoms with E-state index in [0.29, 0.717) is 24.9 Å². The molecule has 0 aromatic carbocycles. The van der Waals surface area contributed by atoms with Crippen LogP contribution < -0.4 is 4.90 Å². The Hall–Kier alpha value is -1.99. The minimum Gasteiger partial charge on any atom is -0.395 e. The summed E-state index contributed by atoms with van der Waals surface area (Å²) in [6, 6.07) is 1.77. The van der Waals surface area contributed by atoms with Gasteiger partial charge in [-0.25, -0.2) is 9.97 Å². The summed E-state index contributed by atoms with van der Waals surface area (Å²) in [7, 11) is 0. The second-order valence-corrected chi connectivity index (χ2v) is 4.61. The highest BCUT2D eigenvalue weighted by molar-refractivity contribution is 5.39. The second kappa shape index (κ2) is 7.70. The molecule has 0 amide bonds. The molecule has 7 nitrogen and oxygen atoms in total. The third-order valence-corrected chi connectivity index (χ3v) is 3.10. The Balaban J connectivity index is 2.29. The second-order valence-electron chi connectivity index (χ2n) is 4.61. The van der Waals surface area contributed by atoms with E-state index in [9.17, 15) is 0 Å². The lowest BCUT2D eigenvalue weighted by Gasteiger charge is -2.21. The predicted molar refractivity (Wildman–Crippen MR) is 79.5 cm³/mol. The van der Waals surface area contributed by atoms with Gasteiger partial charge in [0.1, 0.15) is 11.6 Å². The van der Waals surface area contributed by atoms with Crippen molar-refractivity contribution in [3.8, 4) is 5.95 Å². The van der Waals surface area contributed by atoms with E-state index in [-0.39, 0.29) is 13.2 Å². The maximum Gasteiger partial charge on any atom is 0.237 e. The normalized spacial score (nSPS) is 10.8. The minimum atomic E-state index is 0.00545. The average Bonchev–Trinajstić information content (AvgIpc) is 2.96. The van der Waals surface area contributed by atoms with Crippen molar-refractivity contribution in [2.75, 3.05) is 31.2 Å². The average molecular weight is 291 g/mol. The molecule has 7 heteroatoms. The van der Waals surface area contributed by atoms with E-state index < -0.39 is 0 Å². The summed E-state index contributed by atoms with van der Waals surface area (Å²) in [6.45, 7) is 2.95. The standard InChI is InChI=1S/C14H21N5O2/c1-2-3-12-15-6-7-19(12)14-16-5-4-13(17-14)18(8-10-20)9-11-21/h4-7,20-21H,2-3,8-11H2,1H3. The highest BCUT2D eigenvalue weighted by atomic mass is 16.3. The first-order valence-corrected chi connectivity index (χ1v) is 7.12. The van der Waals surface area contributed by atoms with Gasteiger partial charge in [0.25, 0.3) is 0 Å². The topological polar surface area (TPSA) is 87.3 Å². The van der Waals surface area contributed by atoms with Crippen LogP contribution in [0.1, 0.15) is 19.2 Å². The van der Waals surface area contributed by atoms with Crippen molar-refractivity contribution >= 4 is 5.82 Å². The van der Waals surface area contributed by atoms with Gasteiger partial charge in [-0.2, -0.15) is 4.98 Å². The van der Waals surface area contributed by atoms with E-state index in [1.54, 1.807) is 18.5 Å². The zero-order valence-corrected chi connectivity index (χ0v) is 12.2. The molecule has 0 aliphatic heterocycles. The fraction of sp³-hybridized carbons (Fsp3) is 0.500. The lowest BCUT2D eigenvalue weighted by atomic mass is 10.3. The largest absolute Gasteiger partial charge is 0.395 e. The fourth-order valence-electron chi connectivity index (χ4n) is 2.14. The van der Waals surface area contributed by atoms with Crippen molar-refractivity contribution in [3.05, 3.63) is 30.5 Å². The first kappa shape index (κ1) is 15.4. The molecule has 21 heavy (non-hydrogen) atoms. The number of aliphatic hydroxyl groups excluding tert-OH is 2. The van der Waals surface area contributed by atoms with Crippen LogP contribution in [0.25, 0.3) is 5.95 Å². The summed E-state index contributed by atoms with van der Waals surface area (Å²) in [4.78, 5) is 14.9. The Labute approximate surface area is 123 Å². The third-order valence-electron chi connectivity index (χ3n) is 3.10. The van der Waals surface area contributed by atoms with Crippen molar-refractivity contribution in [2.45, 2.75) is 19.8 Å². The molecule has 2 aromatic heterocycles. The van der Waals surface area contributed by atoms with E-state index >= 15 is 0 Å². The maximum absolute atomic E-state index is 9.11. The molecular formula is C14H21N5O2. The molecule has 0 radical (unpaired) electrons. The summed E-state index contributed by atoms with van der Waals surface area (Å²) in [5.74, 6) is 2.15. The van der Waals surface area contributed by atoms with Crippen molar-refractivity contribution in [2.24, 2.45) is 0 Å². The summed E-state index contributed by atoms with van der Waals surface area (Å²) < 4.78 is 1.86. The molecule has 0 spiro atoms. The van der Waals surface area contributed by atoms with Gasteiger partial charge in [-0.3, -0.25) is 4.57 Å². The lowest BCUT2D eigenvalue weighted by Crippen LogP contribution is -2.30. The van der Waals surface area contributed by atoms with Gasteiger partial charge in [0.15, 0.2) is 0 Å². The van der Waals surface area contributed by atoms with Crippen molar-refractivity contribution in [3.63, 3.8) is 0 Å². The molecule has 0 fully saturated rings. The highest BCUT2D eigenvalue weighted by Crippen LogP contribution is 2.13. The van der Waals surface area contributed by atoms with Crippen molar-refractivity contribution in [1.82, 2.24) is 19.5 Å². The number of anilines is 1. The summed E-state index contributed by atoms with van der Waals surface area (Å²) in [5.41, 5.74) is 0. The molecule has 0 aliphatic carbocycles. The van der Waals surface area contributed by atoms with Gasteiger partial charge in [0, 0.05) is 38.1 Å². The van der Waals surface area contributed by atoms with Gasteiger partial charge in [-0.15, -0.1) is 0 Å². The molecule has 0 saturated heterocycles. The van der Waals surface area contributed by atoms with Crippen molar-refractivity contribution in [1.29, 1.82) is 0 Å².